The van der Waals surface area contributed by atoms with E-state index in [1.54, 1.807) is 24.5 Å². The van der Waals surface area contributed by atoms with Crippen LogP contribution in [0.2, 0.25) is 0 Å². The number of pyridine rings is 1. The first-order valence-electron chi connectivity index (χ1n) is 12.9. The van der Waals surface area contributed by atoms with E-state index in [2.05, 4.69) is 28.3 Å². The summed E-state index contributed by atoms with van der Waals surface area (Å²) in [5.41, 5.74) is 5.92. The number of hydrogen-bond donors (Lipinski definition) is 1. The monoisotopic (exact) mass is 494 g/mol. The number of para-hydroxylation sites is 1. The first-order chi connectivity index (χ1) is 18.0. The van der Waals surface area contributed by atoms with Crippen molar-refractivity contribution in [3.05, 3.63) is 84.0 Å². The Hall–Kier alpha value is -4.00. The molecule has 0 aliphatic carbocycles. The van der Waals surface area contributed by atoms with Gasteiger partial charge in [-0.25, -0.2) is 9.97 Å². The van der Waals surface area contributed by atoms with E-state index in [1.807, 2.05) is 44.2 Å². The molecule has 1 aromatic carbocycles. The third-order valence-corrected chi connectivity index (χ3v) is 7.48. The lowest BCUT2D eigenvalue weighted by Gasteiger charge is -2.42. The van der Waals surface area contributed by atoms with Crippen molar-refractivity contribution in [1.29, 1.82) is 0 Å². The van der Waals surface area contributed by atoms with E-state index in [0.717, 1.165) is 77.9 Å². The first kappa shape index (κ1) is 24.7. The van der Waals surface area contributed by atoms with Crippen LogP contribution in [0.5, 0.6) is 0 Å². The molecule has 7 nitrogen and oxygen atoms in total. The van der Waals surface area contributed by atoms with Crippen LogP contribution in [-0.2, 0) is 4.79 Å². The van der Waals surface area contributed by atoms with Crippen LogP contribution < -0.4 is 15.1 Å². The van der Waals surface area contributed by atoms with Crippen molar-refractivity contribution in [2.75, 3.05) is 41.3 Å². The van der Waals surface area contributed by atoms with Gasteiger partial charge in [-0.05, 0) is 61.6 Å². The molecule has 1 N–H and O–H groups in total. The highest BCUT2D eigenvalue weighted by molar-refractivity contribution is 5.94. The predicted octanol–water partition coefficient (Wildman–Crippen LogP) is 5.23. The molecule has 0 radical (unpaired) electrons. The highest BCUT2D eigenvalue weighted by Gasteiger charge is 2.35. The van der Waals surface area contributed by atoms with Gasteiger partial charge in [0.15, 0.2) is 5.82 Å². The minimum absolute atomic E-state index is 0.0782. The maximum atomic E-state index is 13.2. The Kier molecular flexibility index (Phi) is 7.04. The van der Waals surface area contributed by atoms with Crippen molar-refractivity contribution in [2.45, 2.75) is 32.6 Å². The molecule has 2 aromatic heterocycles. The maximum Gasteiger partial charge on any atom is 0.229 e. The number of anilines is 3. The Morgan fingerprint density at radius 1 is 1.00 bits per heavy atom. The second kappa shape index (κ2) is 10.5. The summed E-state index contributed by atoms with van der Waals surface area (Å²) in [5.74, 6) is 2.09. The number of hydrogen-bond acceptors (Lipinski definition) is 6. The van der Waals surface area contributed by atoms with Gasteiger partial charge in [-0.15, -0.1) is 0 Å². The van der Waals surface area contributed by atoms with Crippen molar-refractivity contribution in [2.24, 2.45) is 5.92 Å². The van der Waals surface area contributed by atoms with Gasteiger partial charge in [0.1, 0.15) is 5.82 Å². The van der Waals surface area contributed by atoms with Gasteiger partial charge in [0, 0.05) is 50.2 Å². The van der Waals surface area contributed by atoms with Crippen molar-refractivity contribution < 1.29 is 4.79 Å². The summed E-state index contributed by atoms with van der Waals surface area (Å²) in [5, 5.41) is 3.19. The van der Waals surface area contributed by atoms with Crippen molar-refractivity contribution in [1.82, 2.24) is 15.0 Å². The topological polar surface area (TPSA) is 74.2 Å². The molecule has 4 heterocycles. The standard InChI is InChI=1S/C30H34N6O/c1-5-22-12-13-26(33-25(22)6-2)36-18-24(19-36)28-29(32-15-14-31-28)35-16-8-11-23(17-35)30(37)34-27-20(3)9-7-10-21(27)4/h5-7,9-10,12-15,23-24H,1-2,8,11,16-19H2,3-4H3,(H,34,37). The molecule has 3 aromatic rings. The van der Waals surface area contributed by atoms with Crippen molar-refractivity contribution in [3.63, 3.8) is 0 Å². The van der Waals surface area contributed by atoms with Crippen LogP contribution in [0.3, 0.4) is 0 Å². The van der Waals surface area contributed by atoms with E-state index < -0.39 is 0 Å². The zero-order valence-electron chi connectivity index (χ0n) is 21.7. The van der Waals surface area contributed by atoms with Gasteiger partial charge in [0.2, 0.25) is 5.91 Å². The Balaban J connectivity index is 1.28. The minimum atomic E-state index is -0.0922. The molecule has 37 heavy (non-hydrogen) atoms. The zero-order valence-corrected chi connectivity index (χ0v) is 21.7. The molecule has 1 amide bonds. The Morgan fingerprint density at radius 2 is 1.76 bits per heavy atom. The van der Waals surface area contributed by atoms with Crippen LogP contribution in [0.1, 0.15) is 46.8 Å². The number of aryl methyl sites for hydroxylation is 2. The average molecular weight is 495 g/mol. The van der Waals surface area contributed by atoms with Crippen LogP contribution >= 0.6 is 0 Å². The molecule has 2 saturated heterocycles. The summed E-state index contributed by atoms with van der Waals surface area (Å²) in [6.07, 6.45) is 8.90. The molecule has 7 heteroatoms. The number of carbonyl (C=O) groups excluding carboxylic acids is 1. The Morgan fingerprint density at radius 3 is 2.49 bits per heavy atom. The molecule has 2 fully saturated rings. The fourth-order valence-corrected chi connectivity index (χ4v) is 5.32. The number of carbonyl (C=O) groups is 1. The molecule has 1 unspecified atom stereocenters. The number of nitrogens with one attached hydrogen (secondary N) is 1. The summed E-state index contributed by atoms with van der Waals surface area (Å²) >= 11 is 0. The largest absolute Gasteiger partial charge is 0.355 e. The summed E-state index contributed by atoms with van der Waals surface area (Å²) in [4.78, 5) is 32.0. The number of amides is 1. The Bertz CT molecular complexity index is 1310. The number of benzene rings is 1. The molecule has 2 aliphatic heterocycles. The molecule has 0 spiro atoms. The number of nitrogens with zero attached hydrogens (tertiary/aromatic N) is 5. The quantitative estimate of drug-likeness (QED) is 0.485. The Labute approximate surface area is 219 Å². The zero-order chi connectivity index (χ0) is 25.9. The SMILES string of the molecule is C=Cc1ccc(N2CC(c3nccnc3N3CCCC(C(=O)Nc4c(C)cccc4C)C3)C2)nc1C=C. The smallest absolute Gasteiger partial charge is 0.229 e. The number of rotatable bonds is 7. The molecule has 5 rings (SSSR count). The van der Waals surface area contributed by atoms with Gasteiger partial charge in [-0.2, -0.15) is 0 Å². The molecule has 2 aliphatic rings. The fraction of sp³-hybridized carbons (Fsp3) is 0.333. The summed E-state index contributed by atoms with van der Waals surface area (Å²) in [6.45, 7) is 15.0. The second-order valence-electron chi connectivity index (χ2n) is 9.96. The third kappa shape index (κ3) is 4.99. The maximum absolute atomic E-state index is 13.2. The van der Waals surface area contributed by atoms with Gasteiger partial charge >= 0.3 is 0 Å². The second-order valence-corrected chi connectivity index (χ2v) is 9.96. The molecular formula is C30H34N6O. The van der Waals surface area contributed by atoms with E-state index >= 15 is 0 Å². The van der Waals surface area contributed by atoms with Crippen molar-refractivity contribution >= 4 is 35.4 Å². The highest BCUT2D eigenvalue weighted by atomic mass is 16.1. The van der Waals surface area contributed by atoms with E-state index in [0.29, 0.717) is 6.54 Å². The van der Waals surface area contributed by atoms with Gasteiger partial charge < -0.3 is 15.1 Å². The summed E-state index contributed by atoms with van der Waals surface area (Å²) in [6, 6.07) is 10.1. The molecule has 190 valence electrons. The van der Waals surface area contributed by atoms with Crippen molar-refractivity contribution in [3.8, 4) is 0 Å². The van der Waals surface area contributed by atoms with Gasteiger partial charge in [0.05, 0.1) is 17.3 Å². The molecule has 0 saturated carbocycles. The van der Waals surface area contributed by atoms with Crippen LogP contribution in [0, 0.1) is 19.8 Å². The van der Waals surface area contributed by atoms with Gasteiger partial charge in [-0.1, -0.05) is 37.4 Å². The fourth-order valence-electron chi connectivity index (χ4n) is 5.32. The van der Waals surface area contributed by atoms with E-state index in [1.165, 1.54) is 0 Å². The number of piperidine rings is 1. The van der Waals surface area contributed by atoms with E-state index in [-0.39, 0.29) is 17.7 Å². The van der Waals surface area contributed by atoms with Crippen LogP contribution in [0.4, 0.5) is 17.3 Å². The normalized spacial score (nSPS) is 17.7. The average Bonchev–Trinajstić information content (AvgIpc) is 2.90. The van der Waals surface area contributed by atoms with Gasteiger partial charge in [-0.3, -0.25) is 9.78 Å². The molecule has 1 atom stereocenters. The van der Waals surface area contributed by atoms with Crippen LogP contribution in [0.25, 0.3) is 12.2 Å². The lowest BCUT2D eigenvalue weighted by molar-refractivity contribution is -0.120. The lowest BCUT2D eigenvalue weighted by atomic mass is 9.93. The van der Waals surface area contributed by atoms with E-state index in [9.17, 15) is 4.79 Å². The minimum Gasteiger partial charge on any atom is -0.355 e. The third-order valence-electron chi connectivity index (χ3n) is 7.48. The highest BCUT2D eigenvalue weighted by Crippen LogP contribution is 2.35. The van der Waals surface area contributed by atoms with Crippen LogP contribution in [0.15, 0.2) is 55.9 Å². The predicted molar refractivity (Wildman–Crippen MR) is 151 cm³/mol. The van der Waals surface area contributed by atoms with Crippen LogP contribution in [-0.4, -0.2) is 47.0 Å². The summed E-state index contributed by atoms with van der Waals surface area (Å²) in [7, 11) is 0. The molecular weight excluding hydrogens is 460 g/mol. The lowest BCUT2D eigenvalue weighted by Crippen LogP contribution is -2.47. The number of aromatic nitrogens is 3. The first-order valence-corrected chi connectivity index (χ1v) is 12.9. The molecule has 0 bridgehead atoms. The summed E-state index contributed by atoms with van der Waals surface area (Å²) < 4.78 is 0. The van der Waals surface area contributed by atoms with E-state index in [4.69, 9.17) is 15.0 Å². The van der Waals surface area contributed by atoms with Gasteiger partial charge in [0.25, 0.3) is 0 Å².